The van der Waals surface area contributed by atoms with Gasteiger partial charge in [-0.25, -0.2) is 0 Å². The molecule has 2 heterocycles. The van der Waals surface area contributed by atoms with Crippen LogP contribution in [0, 0.1) is 0 Å². The maximum atomic E-state index is 13.2. The molecule has 1 saturated heterocycles. The van der Waals surface area contributed by atoms with Crippen LogP contribution in [0.3, 0.4) is 0 Å². The molecule has 0 aromatic heterocycles. The lowest BCUT2D eigenvalue weighted by Gasteiger charge is -2.37. The molecule has 1 fully saturated rings. The first-order chi connectivity index (χ1) is 11.9. The summed E-state index contributed by atoms with van der Waals surface area (Å²) >= 11 is 0. The van der Waals surface area contributed by atoms with Crippen molar-refractivity contribution in [3.8, 4) is 0 Å². The highest BCUT2D eigenvalue weighted by atomic mass is 16.5. The Morgan fingerprint density at radius 3 is 2.76 bits per heavy atom. The molecule has 1 spiro atoms. The minimum Gasteiger partial charge on any atom is -0.366 e. The molecule has 2 aliphatic heterocycles. The first-order valence-corrected chi connectivity index (χ1v) is 9.24. The zero-order valence-electron chi connectivity index (χ0n) is 15.6. The second kappa shape index (κ2) is 6.45. The van der Waals surface area contributed by atoms with E-state index in [-0.39, 0.29) is 17.9 Å². The normalized spacial score (nSPS) is 25.4. The molecule has 1 aromatic carbocycles. The lowest BCUT2D eigenvalue weighted by molar-refractivity contribution is -0.155. The summed E-state index contributed by atoms with van der Waals surface area (Å²) in [6.45, 7) is 8.69. The van der Waals surface area contributed by atoms with Gasteiger partial charge in [0, 0.05) is 18.8 Å². The molecule has 0 aliphatic carbocycles. The van der Waals surface area contributed by atoms with E-state index in [0.29, 0.717) is 19.6 Å². The molecule has 3 rings (SSSR count). The van der Waals surface area contributed by atoms with Gasteiger partial charge in [-0.15, -0.1) is 0 Å². The van der Waals surface area contributed by atoms with Crippen molar-refractivity contribution in [2.45, 2.75) is 64.0 Å². The molecule has 2 atom stereocenters. The third-order valence-corrected chi connectivity index (χ3v) is 5.60. The number of likely N-dealkylation sites (tertiary alicyclic amines) is 1. The van der Waals surface area contributed by atoms with Gasteiger partial charge in [0.2, 0.25) is 5.91 Å². The van der Waals surface area contributed by atoms with Crippen molar-refractivity contribution >= 4 is 17.5 Å². The number of benzene rings is 1. The van der Waals surface area contributed by atoms with E-state index in [4.69, 9.17) is 4.74 Å². The summed E-state index contributed by atoms with van der Waals surface area (Å²) in [5.74, 6) is -0.00137. The van der Waals surface area contributed by atoms with Crippen molar-refractivity contribution < 1.29 is 14.3 Å². The average Bonchev–Trinajstić information content (AvgIpc) is 3.08. The minimum absolute atomic E-state index is 0.0247. The number of ether oxygens (including phenoxy) is 1. The zero-order chi connectivity index (χ0) is 18.2. The van der Waals surface area contributed by atoms with Crippen molar-refractivity contribution in [3.05, 3.63) is 29.8 Å². The average molecular weight is 344 g/mol. The summed E-state index contributed by atoms with van der Waals surface area (Å²) < 4.78 is 5.69. The summed E-state index contributed by atoms with van der Waals surface area (Å²) in [5, 5.41) is 3.03. The van der Waals surface area contributed by atoms with Crippen molar-refractivity contribution in [2.75, 3.05) is 18.5 Å². The zero-order valence-corrected chi connectivity index (χ0v) is 15.6. The Kier molecular flexibility index (Phi) is 4.62. The van der Waals surface area contributed by atoms with Gasteiger partial charge in [0.05, 0.1) is 11.5 Å². The Bertz CT molecular complexity index is 685. The molecular weight excluding hydrogens is 316 g/mol. The van der Waals surface area contributed by atoms with Crippen LogP contribution in [-0.2, 0) is 19.7 Å². The molecule has 0 radical (unpaired) electrons. The van der Waals surface area contributed by atoms with Crippen LogP contribution in [0.15, 0.2) is 24.3 Å². The van der Waals surface area contributed by atoms with Crippen LogP contribution in [0.4, 0.5) is 5.69 Å². The molecule has 0 unspecified atom stereocenters. The quantitative estimate of drug-likeness (QED) is 0.893. The van der Waals surface area contributed by atoms with E-state index in [1.165, 1.54) is 0 Å². The van der Waals surface area contributed by atoms with Gasteiger partial charge in [-0.2, -0.15) is 0 Å². The number of nitrogens with one attached hydrogen (secondary N) is 1. The maximum Gasteiger partial charge on any atom is 0.254 e. The molecule has 1 aromatic rings. The van der Waals surface area contributed by atoms with Crippen LogP contribution in [0.5, 0.6) is 0 Å². The number of amides is 2. The Hall–Kier alpha value is -1.88. The lowest BCUT2D eigenvalue weighted by Crippen LogP contribution is -2.54. The van der Waals surface area contributed by atoms with Gasteiger partial charge in [0.1, 0.15) is 5.60 Å². The van der Waals surface area contributed by atoms with Crippen LogP contribution in [-0.4, -0.2) is 41.5 Å². The molecule has 0 bridgehead atoms. The fraction of sp³-hybridized carbons (Fsp3) is 0.600. The van der Waals surface area contributed by atoms with E-state index in [9.17, 15) is 9.59 Å². The highest BCUT2D eigenvalue weighted by Gasteiger charge is 2.59. The molecule has 2 aliphatic rings. The van der Waals surface area contributed by atoms with E-state index in [1.54, 1.807) is 0 Å². The number of rotatable bonds is 5. The fourth-order valence-electron chi connectivity index (χ4n) is 4.49. The second-order valence-electron chi connectivity index (χ2n) is 7.47. The van der Waals surface area contributed by atoms with Gasteiger partial charge in [0.25, 0.3) is 5.91 Å². The summed E-state index contributed by atoms with van der Waals surface area (Å²) in [7, 11) is 0. The number of fused-ring (bicyclic) bond motifs is 2. The van der Waals surface area contributed by atoms with Gasteiger partial charge in [0.15, 0.2) is 0 Å². The molecule has 25 heavy (non-hydrogen) atoms. The topological polar surface area (TPSA) is 58.6 Å². The van der Waals surface area contributed by atoms with Crippen molar-refractivity contribution in [1.29, 1.82) is 0 Å². The van der Waals surface area contributed by atoms with Gasteiger partial charge in [-0.3, -0.25) is 9.59 Å². The Labute approximate surface area is 149 Å². The Morgan fingerprint density at radius 2 is 2.08 bits per heavy atom. The SMILES string of the molecule is CCC[C@@H]1N(C(=O)C(C)(C)OCC)CC[C@]12C(=O)Nc1ccccc12. The summed E-state index contributed by atoms with van der Waals surface area (Å²) in [5.41, 5.74) is 0.403. The summed E-state index contributed by atoms with van der Waals surface area (Å²) in [6, 6.07) is 7.74. The van der Waals surface area contributed by atoms with Crippen LogP contribution in [0.1, 0.15) is 52.5 Å². The molecule has 2 amide bonds. The van der Waals surface area contributed by atoms with E-state index in [2.05, 4.69) is 12.2 Å². The monoisotopic (exact) mass is 344 g/mol. The predicted molar refractivity (Wildman–Crippen MR) is 97.5 cm³/mol. The number of nitrogens with zero attached hydrogens (tertiary/aromatic N) is 1. The first kappa shape index (κ1) is 17.9. The van der Waals surface area contributed by atoms with E-state index >= 15 is 0 Å². The van der Waals surface area contributed by atoms with Crippen molar-refractivity contribution in [3.63, 3.8) is 0 Å². The molecule has 5 nitrogen and oxygen atoms in total. The number of hydrogen-bond donors (Lipinski definition) is 1. The molecule has 136 valence electrons. The van der Waals surface area contributed by atoms with Crippen LogP contribution >= 0.6 is 0 Å². The number of carbonyl (C=O) groups excluding carboxylic acids is 2. The molecule has 5 heteroatoms. The summed E-state index contributed by atoms with van der Waals surface area (Å²) in [6.07, 6.45) is 2.38. The second-order valence-corrected chi connectivity index (χ2v) is 7.47. The number of hydrogen-bond acceptors (Lipinski definition) is 3. The van der Waals surface area contributed by atoms with Crippen LogP contribution in [0.25, 0.3) is 0 Å². The number of anilines is 1. The van der Waals surface area contributed by atoms with Crippen molar-refractivity contribution in [2.24, 2.45) is 0 Å². The number of carbonyl (C=O) groups is 2. The largest absolute Gasteiger partial charge is 0.366 e. The Morgan fingerprint density at radius 1 is 1.36 bits per heavy atom. The smallest absolute Gasteiger partial charge is 0.254 e. The van der Waals surface area contributed by atoms with Crippen LogP contribution in [0.2, 0.25) is 0 Å². The van der Waals surface area contributed by atoms with Gasteiger partial charge in [-0.1, -0.05) is 31.5 Å². The van der Waals surface area contributed by atoms with Gasteiger partial charge < -0.3 is 15.0 Å². The van der Waals surface area contributed by atoms with E-state index in [0.717, 1.165) is 24.1 Å². The Balaban J connectivity index is 2.01. The maximum absolute atomic E-state index is 13.2. The third kappa shape index (κ3) is 2.65. The van der Waals surface area contributed by atoms with Gasteiger partial charge in [-0.05, 0) is 45.2 Å². The standard InChI is InChI=1S/C20H28N2O3/c1-5-9-16-20(14-10-7-8-11-15(14)21-17(20)23)12-13-22(16)18(24)19(3,4)25-6-2/h7-8,10-11,16H,5-6,9,12-13H2,1-4H3,(H,21,23)/t16-,20+/m0/s1. The van der Waals surface area contributed by atoms with E-state index in [1.807, 2.05) is 49.9 Å². The highest BCUT2D eigenvalue weighted by molar-refractivity contribution is 6.07. The lowest BCUT2D eigenvalue weighted by atomic mass is 9.73. The summed E-state index contributed by atoms with van der Waals surface area (Å²) in [4.78, 5) is 28.1. The molecule has 1 N–H and O–H groups in total. The number of para-hydroxylation sites is 1. The molecule has 0 saturated carbocycles. The molecular formula is C20H28N2O3. The first-order valence-electron chi connectivity index (χ1n) is 9.24. The predicted octanol–water partition coefficient (Wildman–Crippen LogP) is 3.09. The highest BCUT2D eigenvalue weighted by Crippen LogP contribution is 2.49. The minimum atomic E-state index is -0.874. The van der Waals surface area contributed by atoms with Crippen LogP contribution < -0.4 is 5.32 Å². The van der Waals surface area contributed by atoms with Gasteiger partial charge >= 0.3 is 0 Å². The van der Waals surface area contributed by atoms with E-state index < -0.39 is 11.0 Å². The van der Waals surface area contributed by atoms with Crippen molar-refractivity contribution in [1.82, 2.24) is 4.90 Å². The third-order valence-electron chi connectivity index (χ3n) is 5.60. The fourth-order valence-corrected chi connectivity index (χ4v) is 4.49.